The van der Waals surface area contributed by atoms with Crippen molar-refractivity contribution in [2.24, 2.45) is 0 Å². The van der Waals surface area contributed by atoms with E-state index in [1.807, 2.05) is 6.07 Å². The molecule has 5 rings (SSSR count). The molecule has 4 nitrogen and oxygen atoms in total. The first kappa shape index (κ1) is 11.5. The average Bonchev–Trinajstić information content (AvgIpc) is 2.95. The second-order valence-electron chi connectivity index (χ2n) is 5.83. The van der Waals surface area contributed by atoms with E-state index in [4.69, 9.17) is 9.47 Å². The monoisotopic (exact) mass is 281 g/mol. The summed E-state index contributed by atoms with van der Waals surface area (Å²) in [6, 6.07) is 8.15. The van der Waals surface area contributed by atoms with E-state index >= 15 is 0 Å². The van der Waals surface area contributed by atoms with Crippen LogP contribution in [0.2, 0.25) is 0 Å². The van der Waals surface area contributed by atoms with E-state index < -0.39 is 0 Å². The zero-order chi connectivity index (χ0) is 14.0. The van der Waals surface area contributed by atoms with Crippen molar-refractivity contribution in [2.75, 3.05) is 13.3 Å². The summed E-state index contributed by atoms with van der Waals surface area (Å²) in [5.41, 5.74) is 5.69. The van der Waals surface area contributed by atoms with Crippen LogP contribution in [0.25, 0.3) is 11.1 Å². The van der Waals surface area contributed by atoms with Crippen LogP contribution in [-0.2, 0) is 12.8 Å². The molecule has 2 aromatic rings. The van der Waals surface area contributed by atoms with Gasteiger partial charge in [-0.05, 0) is 48.2 Å². The summed E-state index contributed by atoms with van der Waals surface area (Å²) in [5.74, 6) is 1.91. The molecule has 21 heavy (non-hydrogen) atoms. The molecule has 4 heteroatoms. The molecule has 2 heterocycles. The summed E-state index contributed by atoms with van der Waals surface area (Å²) in [5, 5.41) is 14.0. The molecule has 1 unspecified atom stereocenters. The largest absolute Gasteiger partial charge is 0.507 e. The van der Waals surface area contributed by atoms with Crippen molar-refractivity contribution in [3.8, 4) is 28.4 Å². The van der Waals surface area contributed by atoms with Gasteiger partial charge in [0.15, 0.2) is 11.5 Å². The van der Waals surface area contributed by atoms with Crippen LogP contribution in [0.15, 0.2) is 24.3 Å². The molecular weight excluding hydrogens is 266 g/mol. The van der Waals surface area contributed by atoms with Crippen LogP contribution in [0.3, 0.4) is 0 Å². The van der Waals surface area contributed by atoms with Crippen LogP contribution in [0.1, 0.15) is 22.7 Å². The molecule has 0 aromatic heterocycles. The quantitative estimate of drug-likeness (QED) is 0.779. The second-order valence-corrected chi connectivity index (χ2v) is 5.83. The van der Waals surface area contributed by atoms with Gasteiger partial charge in [0.2, 0.25) is 6.79 Å². The maximum atomic E-state index is 10.4. The molecule has 2 N–H and O–H groups in total. The number of hydrogen-bond acceptors (Lipinski definition) is 4. The highest BCUT2D eigenvalue weighted by molar-refractivity contribution is 5.87. The van der Waals surface area contributed by atoms with Crippen molar-refractivity contribution < 1.29 is 14.6 Å². The molecule has 106 valence electrons. The van der Waals surface area contributed by atoms with Gasteiger partial charge in [-0.3, -0.25) is 0 Å². The topological polar surface area (TPSA) is 50.7 Å². The third kappa shape index (κ3) is 1.43. The Bertz CT molecular complexity index is 769. The fourth-order valence-corrected chi connectivity index (χ4v) is 3.89. The first-order valence-corrected chi connectivity index (χ1v) is 7.33. The van der Waals surface area contributed by atoms with Gasteiger partial charge in [-0.25, -0.2) is 0 Å². The Morgan fingerprint density at radius 2 is 2.10 bits per heavy atom. The number of rotatable bonds is 0. The minimum absolute atomic E-state index is 0.256. The molecule has 0 spiro atoms. The van der Waals surface area contributed by atoms with Gasteiger partial charge in [0.25, 0.3) is 0 Å². The fourth-order valence-electron chi connectivity index (χ4n) is 3.89. The van der Waals surface area contributed by atoms with Gasteiger partial charge < -0.3 is 19.9 Å². The van der Waals surface area contributed by atoms with E-state index in [-0.39, 0.29) is 6.79 Å². The molecule has 1 atom stereocenters. The molecular formula is C17H15NO3. The van der Waals surface area contributed by atoms with Gasteiger partial charge in [0.05, 0.1) is 0 Å². The van der Waals surface area contributed by atoms with Gasteiger partial charge in [0, 0.05) is 17.2 Å². The highest BCUT2D eigenvalue weighted by Crippen LogP contribution is 2.54. The number of hydrogen-bond donors (Lipinski definition) is 2. The minimum atomic E-state index is 0.256. The standard InChI is InChI=1S/C17H15NO3/c19-12-3-1-2-9-6-11-14-10(4-5-18-11)7-13-17(21-8-20-13)16(14)15(9)12/h1-3,7,11,18-19H,4-6,8H2. The third-order valence-corrected chi connectivity index (χ3v) is 4.73. The summed E-state index contributed by atoms with van der Waals surface area (Å²) >= 11 is 0. The average molecular weight is 281 g/mol. The van der Waals surface area contributed by atoms with Crippen LogP contribution in [0.4, 0.5) is 0 Å². The number of phenols is 1. The lowest BCUT2D eigenvalue weighted by molar-refractivity contribution is 0.174. The molecule has 0 amide bonds. The van der Waals surface area contributed by atoms with Gasteiger partial charge >= 0.3 is 0 Å². The van der Waals surface area contributed by atoms with Gasteiger partial charge in [0.1, 0.15) is 5.75 Å². The summed E-state index contributed by atoms with van der Waals surface area (Å²) < 4.78 is 11.3. The van der Waals surface area contributed by atoms with Crippen LogP contribution in [0, 0.1) is 0 Å². The summed E-state index contributed by atoms with van der Waals surface area (Å²) in [6.45, 7) is 1.23. The maximum absolute atomic E-state index is 10.4. The molecule has 1 aliphatic carbocycles. The lowest BCUT2D eigenvalue weighted by atomic mass is 9.77. The van der Waals surface area contributed by atoms with Crippen molar-refractivity contribution in [1.82, 2.24) is 5.32 Å². The third-order valence-electron chi connectivity index (χ3n) is 4.73. The lowest BCUT2D eigenvalue weighted by Gasteiger charge is -2.35. The zero-order valence-electron chi connectivity index (χ0n) is 11.5. The number of nitrogens with one attached hydrogen (secondary N) is 1. The Balaban J connectivity index is 1.92. The Labute approximate surface area is 122 Å². The second kappa shape index (κ2) is 3.92. The van der Waals surface area contributed by atoms with Crippen LogP contribution in [-0.4, -0.2) is 18.4 Å². The number of phenolic OH excluding ortho intramolecular Hbond substituents is 1. The Kier molecular flexibility index (Phi) is 2.14. The Hall–Kier alpha value is -2.20. The lowest BCUT2D eigenvalue weighted by Crippen LogP contribution is -2.33. The molecule has 0 saturated heterocycles. The smallest absolute Gasteiger partial charge is 0.231 e. The first-order chi connectivity index (χ1) is 10.3. The fraction of sp³-hybridized carbons (Fsp3) is 0.294. The minimum Gasteiger partial charge on any atom is -0.507 e. The maximum Gasteiger partial charge on any atom is 0.231 e. The van der Waals surface area contributed by atoms with Crippen LogP contribution in [0.5, 0.6) is 17.2 Å². The highest BCUT2D eigenvalue weighted by atomic mass is 16.7. The van der Waals surface area contributed by atoms with Gasteiger partial charge in [-0.1, -0.05) is 12.1 Å². The Morgan fingerprint density at radius 1 is 1.14 bits per heavy atom. The molecule has 3 aliphatic rings. The number of aromatic hydroxyl groups is 1. The molecule has 0 saturated carbocycles. The van der Waals surface area contributed by atoms with E-state index in [0.717, 1.165) is 47.6 Å². The molecule has 2 aromatic carbocycles. The molecule has 0 radical (unpaired) electrons. The van der Waals surface area contributed by atoms with Crippen LogP contribution >= 0.6 is 0 Å². The van der Waals surface area contributed by atoms with Crippen molar-refractivity contribution in [2.45, 2.75) is 18.9 Å². The molecule has 0 fully saturated rings. The number of fused-ring (bicyclic) bond motifs is 4. The van der Waals surface area contributed by atoms with E-state index in [2.05, 4.69) is 17.4 Å². The van der Waals surface area contributed by atoms with Crippen molar-refractivity contribution >= 4 is 0 Å². The normalized spacial score (nSPS) is 20.9. The number of ether oxygens (including phenoxy) is 2. The summed E-state index contributed by atoms with van der Waals surface area (Å²) in [7, 11) is 0. The van der Waals surface area contributed by atoms with E-state index in [0.29, 0.717) is 11.8 Å². The van der Waals surface area contributed by atoms with Crippen molar-refractivity contribution in [1.29, 1.82) is 0 Å². The van der Waals surface area contributed by atoms with E-state index in [1.165, 1.54) is 11.1 Å². The van der Waals surface area contributed by atoms with Gasteiger partial charge in [-0.2, -0.15) is 0 Å². The first-order valence-electron chi connectivity index (χ1n) is 7.33. The SMILES string of the molecule is Oc1cccc2c1-c1c3c(cc4c1C(C2)NCC4)OCO3. The zero-order valence-corrected chi connectivity index (χ0v) is 11.5. The number of benzene rings is 2. The Morgan fingerprint density at radius 3 is 3.05 bits per heavy atom. The summed E-state index contributed by atoms with van der Waals surface area (Å²) in [6.07, 6.45) is 1.89. The van der Waals surface area contributed by atoms with Crippen molar-refractivity contribution in [3.05, 3.63) is 41.0 Å². The van der Waals surface area contributed by atoms with Crippen molar-refractivity contribution in [3.63, 3.8) is 0 Å². The van der Waals surface area contributed by atoms with Gasteiger partial charge in [-0.15, -0.1) is 0 Å². The predicted octanol–water partition coefficient (Wildman–Crippen LogP) is 2.53. The van der Waals surface area contributed by atoms with E-state index in [9.17, 15) is 5.11 Å². The van der Waals surface area contributed by atoms with E-state index in [1.54, 1.807) is 6.07 Å². The summed E-state index contributed by atoms with van der Waals surface area (Å²) in [4.78, 5) is 0. The van der Waals surface area contributed by atoms with Crippen LogP contribution < -0.4 is 14.8 Å². The predicted molar refractivity (Wildman–Crippen MR) is 77.8 cm³/mol. The highest BCUT2D eigenvalue weighted by Gasteiger charge is 2.36. The molecule has 0 bridgehead atoms. The molecule has 2 aliphatic heterocycles.